The lowest BCUT2D eigenvalue weighted by Crippen LogP contribution is -2.53. The van der Waals surface area contributed by atoms with E-state index in [1.54, 1.807) is 43.3 Å². The topological polar surface area (TPSA) is 86.8 Å². The summed E-state index contributed by atoms with van der Waals surface area (Å²) < 4.78 is 29.3. The highest BCUT2D eigenvalue weighted by Crippen LogP contribution is 2.29. The quantitative estimate of drug-likeness (QED) is 0.187. The maximum absolute atomic E-state index is 14.5. The van der Waals surface area contributed by atoms with Crippen molar-refractivity contribution in [3.05, 3.63) is 130 Å². The second kappa shape index (κ2) is 15.0. The molecule has 44 heavy (non-hydrogen) atoms. The number of anilines is 1. The van der Waals surface area contributed by atoms with Crippen molar-refractivity contribution in [3.63, 3.8) is 0 Å². The molecule has 0 heterocycles. The fraction of sp³-hybridized carbons (Fsp3) is 0.257. The van der Waals surface area contributed by atoms with E-state index < -0.39 is 28.5 Å². The number of hydrogen-bond donors (Lipinski definition) is 1. The van der Waals surface area contributed by atoms with Crippen molar-refractivity contribution in [2.45, 2.75) is 51.1 Å². The van der Waals surface area contributed by atoms with Crippen molar-refractivity contribution >= 4 is 39.1 Å². The van der Waals surface area contributed by atoms with E-state index in [-0.39, 0.29) is 23.8 Å². The van der Waals surface area contributed by atoms with Crippen LogP contribution in [0.25, 0.3) is 0 Å². The van der Waals surface area contributed by atoms with Gasteiger partial charge in [0, 0.05) is 24.5 Å². The molecule has 4 aromatic carbocycles. The van der Waals surface area contributed by atoms with Crippen LogP contribution in [-0.4, -0.2) is 44.3 Å². The van der Waals surface area contributed by atoms with Gasteiger partial charge in [0.1, 0.15) is 12.6 Å². The van der Waals surface area contributed by atoms with Crippen molar-refractivity contribution in [2.24, 2.45) is 0 Å². The minimum atomic E-state index is -4.17. The first-order valence-corrected chi connectivity index (χ1v) is 16.4. The summed E-state index contributed by atoms with van der Waals surface area (Å²) in [5.74, 6) is -0.801. The summed E-state index contributed by atoms with van der Waals surface area (Å²) in [4.78, 5) is 29.8. The molecule has 0 unspecified atom stereocenters. The number of nitrogens with one attached hydrogen (secondary N) is 1. The maximum Gasteiger partial charge on any atom is 0.264 e. The third-order valence-electron chi connectivity index (χ3n) is 7.29. The Morgan fingerprint density at radius 1 is 0.841 bits per heavy atom. The van der Waals surface area contributed by atoms with Crippen LogP contribution in [0.15, 0.2) is 108 Å². The molecule has 230 valence electrons. The number of halogens is 1. The van der Waals surface area contributed by atoms with E-state index in [2.05, 4.69) is 5.32 Å². The number of carbonyl (C=O) groups excluding carboxylic acids is 2. The van der Waals surface area contributed by atoms with Crippen molar-refractivity contribution in [1.29, 1.82) is 0 Å². The molecule has 9 heteroatoms. The standard InChI is InChI=1S/C35H38ClN3O4S/c1-4-20-37-35(41)33(23-28-13-7-5-8-14-28)38(24-29-15-11-12-26(2)21-29)34(40)25-39(32-19-18-30(36)22-27(32)3)44(42,43)31-16-9-6-10-17-31/h5-19,21-22,33H,4,20,23-25H2,1-3H3,(H,37,41)/t33-/m0/s1. The molecule has 4 aromatic rings. The Bertz CT molecular complexity index is 1680. The third-order valence-corrected chi connectivity index (χ3v) is 9.30. The van der Waals surface area contributed by atoms with E-state index in [9.17, 15) is 18.0 Å². The average molecular weight is 632 g/mol. The van der Waals surface area contributed by atoms with Crippen molar-refractivity contribution in [3.8, 4) is 0 Å². The number of benzene rings is 4. The smallest absolute Gasteiger partial charge is 0.264 e. The van der Waals surface area contributed by atoms with Crippen LogP contribution in [0.2, 0.25) is 5.02 Å². The van der Waals surface area contributed by atoms with Crippen LogP contribution < -0.4 is 9.62 Å². The maximum atomic E-state index is 14.5. The molecule has 0 aliphatic rings. The lowest BCUT2D eigenvalue weighted by molar-refractivity contribution is -0.140. The first-order valence-electron chi connectivity index (χ1n) is 14.6. The molecule has 2 amide bonds. The van der Waals surface area contributed by atoms with Crippen molar-refractivity contribution in [2.75, 3.05) is 17.4 Å². The van der Waals surface area contributed by atoms with Gasteiger partial charge in [-0.05, 0) is 67.3 Å². The molecule has 7 nitrogen and oxygen atoms in total. The largest absolute Gasteiger partial charge is 0.354 e. The van der Waals surface area contributed by atoms with Crippen LogP contribution in [0.3, 0.4) is 0 Å². The molecule has 0 aromatic heterocycles. The highest BCUT2D eigenvalue weighted by Gasteiger charge is 2.35. The minimum Gasteiger partial charge on any atom is -0.354 e. The normalized spacial score (nSPS) is 11.9. The van der Waals surface area contributed by atoms with E-state index in [1.807, 2.05) is 68.4 Å². The molecule has 0 radical (unpaired) electrons. The van der Waals surface area contributed by atoms with Crippen molar-refractivity contribution in [1.82, 2.24) is 10.2 Å². The van der Waals surface area contributed by atoms with Crippen LogP contribution in [0.4, 0.5) is 5.69 Å². The molecule has 4 rings (SSSR count). The van der Waals surface area contributed by atoms with Gasteiger partial charge < -0.3 is 10.2 Å². The molecular formula is C35H38ClN3O4S. The Balaban J connectivity index is 1.81. The van der Waals surface area contributed by atoms with Crippen molar-refractivity contribution < 1.29 is 18.0 Å². The molecule has 1 atom stereocenters. The molecule has 0 saturated heterocycles. The first-order chi connectivity index (χ1) is 21.1. The average Bonchev–Trinajstić information content (AvgIpc) is 3.01. The fourth-order valence-corrected chi connectivity index (χ4v) is 6.79. The summed E-state index contributed by atoms with van der Waals surface area (Å²) in [6, 6.07) is 29.2. The van der Waals surface area contributed by atoms with Gasteiger partial charge in [-0.25, -0.2) is 8.42 Å². The number of rotatable bonds is 13. The summed E-state index contributed by atoms with van der Waals surface area (Å²) in [6.07, 6.45) is 0.994. The highest BCUT2D eigenvalue weighted by molar-refractivity contribution is 7.92. The van der Waals surface area contributed by atoms with Crippen LogP contribution in [0, 0.1) is 13.8 Å². The highest BCUT2D eigenvalue weighted by atomic mass is 35.5. The molecule has 0 bridgehead atoms. The summed E-state index contributed by atoms with van der Waals surface area (Å²) >= 11 is 6.22. The minimum absolute atomic E-state index is 0.0499. The fourth-order valence-electron chi connectivity index (χ4n) is 5.06. The zero-order chi connectivity index (χ0) is 31.7. The van der Waals surface area contributed by atoms with Crippen LogP contribution in [-0.2, 0) is 32.6 Å². The zero-order valence-electron chi connectivity index (χ0n) is 25.2. The van der Waals surface area contributed by atoms with Crippen LogP contribution >= 0.6 is 11.6 Å². The summed E-state index contributed by atoms with van der Waals surface area (Å²) in [6.45, 7) is 5.73. The Labute approximate surface area is 265 Å². The third kappa shape index (κ3) is 8.27. The van der Waals surface area contributed by atoms with Gasteiger partial charge in [0.05, 0.1) is 10.6 Å². The number of nitrogens with zero attached hydrogens (tertiary/aromatic N) is 2. The van der Waals surface area contributed by atoms with Crippen LogP contribution in [0.5, 0.6) is 0 Å². The lowest BCUT2D eigenvalue weighted by atomic mass is 10.0. The molecule has 0 aliphatic heterocycles. The number of carbonyl (C=O) groups is 2. The van der Waals surface area contributed by atoms with Gasteiger partial charge in [-0.1, -0.05) is 96.9 Å². The Kier molecular flexibility index (Phi) is 11.2. The molecular weight excluding hydrogens is 594 g/mol. The Hall–Kier alpha value is -4.14. The summed E-state index contributed by atoms with van der Waals surface area (Å²) in [5.41, 5.74) is 3.65. The number of amides is 2. The SMILES string of the molecule is CCCNC(=O)[C@H](Cc1ccccc1)N(Cc1cccc(C)c1)C(=O)CN(c1ccc(Cl)cc1C)S(=O)(=O)c1ccccc1. The van der Waals surface area contributed by atoms with E-state index >= 15 is 0 Å². The summed E-state index contributed by atoms with van der Waals surface area (Å²) in [7, 11) is -4.17. The van der Waals surface area contributed by atoms with Gasteiger partial charge in [-0.2, -0.15) is 0 Å². The van der Waals surface area contributed by atoms with Gasteiger partial charge in [0.25, 0.3) is 10.0 Å². The molecule has 0 aliphatic carbocycles. The van der Waals surface area contributed by atoms with E-state index in [0.29, 0.717) is 22.8 Å². The Morgan fingerprint density at radius 3 is 2.14 bits per heavy atom. The second-order valence-corrected chi connectivity index (χ2v) is 13.1. The monoisotopic (exact) mass is 631 g/mol. The molecule has 0 spiro atoms. The first kappa shape index (κ1) is 32.8. The van der Waals surface area contributed by atoms with Gasteiger partial charge in [0.15, 0.2) is 0 Å². The zero-order valence-corrected chi connectivity index (χ0v) is 26.8. The molecule has 1 N–H and O–H groups in total. The van der Waals surface area contributed by atoms with E-state index in [0.717, 1.165) is 27.4 Å². The van der Waals surface area contributed by atoms with Gasteiger partial charge in [0.2, 0.25) is 11.8 Å². The number of hydrogen-bond acceptors (Lipinski definition) is 4. The van der Waals surface area contributed by atoms with Gasteiger partial charge in [-0.3, -0.25) is 13.9 Å². The van der Waals surface area contributed by atoms with E-state index in [1.165, 1.54) is 17.0 Å². The number of sulfonamides is 1. The predicted octanol–water partition coefficient (Wildman–Crippen LogP) is 6.32. The molecule has 0 saturated carbocycles. The molecule has 0 fully saturated rings. The van der Waals surface area contributed by atoms with Gasteiger partial charge >= 0.3 is 0 Å². The number of aryl methyl sites for hydroxylation is 2. The Morgan fingerprint density at radius 2 is 1.50 bits per heavy atom. The summed E-state index contributed by atoms with van der Waals surface area (Å²) in [5, 5.41) is 3.41. The van der Waals surface area contributed by atoms with Gasteiger partial charge in [-0.15, -0.1) is 0 Å². The van der Waals surface area contributed by atoms with Crippen LogP contribution in [0.1, 0.15) is 35.6 Å². The lowest BCUT2D eigenvalue weighted by Gasteiger charge is -2.34. The predicted molar refractivity (Wildman–Crippen MR) is 176 cm³/mol. The second-order valence-electron chi connectivity index (χ2n) is 10.8. The van der Waals surface area contributed by atoms with E-state index in [4.69, 9.17) is 11.6 Å².